The number of amides is 1. The molecule has 0 aliphatic carbocycles. The van der Waals surface area contributed by atoms with Gasteiger partial charge in [0.1, 0.15) is 0 Å². The first-order valence-corrected chi connectivity index (χ1v) is 7.81. The fraction of sp³-hybridized carbons (Fsp3) is 0.250. The minimum atomic E-state index is 0.0700. The standard InChI is InChI=1S/C16H17N3OS/c1-12-7-9-21-15(12)10-17-16(20)6-8-19-11-18-13-4-2-3-5-14(13)19/h2-5,7,9,11H,6,8,10H2,1H3,(H,17,20). The van der Waals surface area contributed by atoms with Crippen LogP contribution in [0.3, 0.4) is 0 Å². The SMILES string of the molecule is Cc1ccsc1CNC(=O)CCn1cnc2ccccc21. The van der Waals surface area contributed by atoms with E-state index in [1.165, 1.54) is 10.4 Å². The Bertz CT molecular complexity index is 760. The molecule has 2 heterocycles. The second-order valence-corrected chi connectivity index (χ2v) is 5.98. The first-order valence-electron chi connectivity index (χ1n) is 6.93. The van der Waals surface area contributed by atoms with Crippen molar-refractivity contribution >= 4 is 28.3 Å². The molecule has 0 saturated heterocycles. The summed E-state index contributed by atoms with van der Waals surface area (Å²) in [6, 6.07) is 10.0. The average molecular weight is 299 g/mol. The zero-order valence-electron chi connectivity index (χ0n) is 11.9. The van der Waals surface area contributed by atoms with Gasteiger partial charge in [-0.1, -0.05) is 12.1 Å². The molecule has 0 fully saturated rings. The Balaban J connectivity index is 1.55. The number of aromatic nitrogens is 2. The summed E-state index contributed by atoms with van der Waals surface area (Å²) in [5.41, 5.74) is 3.27. The third-order valence-corrected chi connectivity index (χ3v) is 4.54. The van der Waals surface area contributed by atoms with Gasteiger partial charge in [0.15, 0.2) is 0 Å². The number of imidazole rings is 1. The Morgan fingerprint density at radius 1 is 1.33 bits per heavy atom. The number of nitrogens with one attached hydrogen (secondary N) is 1. The molecule has 0 atom stereocenters. The lowest BCUT2D eigenvalue weighted by Gasteiger charge is -2.06. The summed E-state index contributed by atoms with van der Waals surface area (Å²) in [5.74, 6) is 0.0700. The van der Waals surface area contributed by atoms with Gasteiger partial charge in [-0.3, -0.25) is 4.79 Å². The van der Waals surface area contributed by atoms with E-state index >= 15 is 0 Å². The van der Waals surface area contributed by atoms with Crippen molar-refractivity contribution in [3.05, 3.63) is 52.5 Å². The second kappa shape index (κ2) is 6.10. The molecule has 0 bridgehead atoms. The maximum atomic E-state index is 11.9. The molecule has 1 N–H and O–H groups in total. The van der Waals surface area contributed by atoms with E-state index in [0.29, 0.717) is 19.5 Å². The lowest BCUT2D eigenvalue weighted by Crippen LogP contribution is -2.23. The summed E-state index contributed by atoms with van der Waals surface area (Å²) in [7, 11) is 0. The smallest absolute Gasteiger partial charge is 0.222 e. The van der Waals surface area contributed by atoms with Crippen LogP contribution in [0.1, 0.15) is 16.9 Å². The molecule has 0 aliphatic rings. The van der Waals surface area contributed by atoms with E-state index < -0.39 is 0 Å². The third kappa shape index (κ3) is 3.13. The molecule has 5 heteroatoms. The van der Waals surface area contributed by atoms with E-state index in [2.05, 4.69) is 28.7 Å². The quantitative estimate of drug-likeness (QED) is 0.787. The number of para-hydroxylation sites is 2. The molecule has 0 radical (unpaired) electrons. The molecule has 0 aliphatic heterocycles. The molecule has 0 saturated carbocycles. The van der Waals surface area contributed by atoms with Crippen molar-refractivity contribution in [2.75, 3.05) is 0 Å². The molecule has 1 aromatic carbocycles. The van der Waals surface area contributed by atoms with E-state index in [1.54, 1.807) is 17.7 Å². The molecule has 1 amide bonds. The Hall–Kier alpha value is -2.14. The normalized spacial score (nSPS) is 10.9. The molecule has 21 heavy (non-hydrogen) atoms. The molecule has 0 unspecified atom stereocenters. The number of hydrogen-bond acceptors (Lipinski definition) is 3. The number of benzene rings is 1. The largest absolute Gasteiger partial charge is 0.351 e. The number of carbonyl (C=O) groups is 1. The van der Waals surface area contributed by atoms with E-state index in [0.717, 1.165) is 11.0 Å². The molecule has 2 aromatic heterocycles. The number of fused-ring (bicyclic) bond motifs is 1. The minimum Gasteiger partial charge on any atom is -0.351 e. The summed E-state index contributed by atoms with van der Waals surface area (Å²) in [6.45, 7) is 3.33. The van der Waals surface area contributed by atoms with Crippen LogP contribution in [0.15, 0.2) is 42.0 Å². The Labute approximate surface area is 127 Å². The summed E-state index contributed by atoms with van der Waals surface area (Å²) in [4.78, 5) is 17.5. The summed E-state index contributed by atoms with van der Waals surface area (Å²) in [5, 5.41) is 5.02. The van der Waals surface area contributed by atoms with Gasteiger partial charge in [0.05, 0.1) is 23.9 Å². The number of nitrogens with zero attached hydrogens (tertiary/aromatic N) is 2. The monoisotopic (exact) mass is 299 g/mol. The van der Waals surface area contributed by atoms with Crippen molar-refractivity contribution < 1.29 is 4.79 Å². The van der Waals surface area contributed by atoms with Crippen molar-refractivity contribution in [2.24, 2.45) is 0 Å². The van der Waals surface area contributed by atoms with E-state index in [9.17, 15) is 4.79 Å². The van der Waals surface area contributed by atoms with Crippen LogP contribution in [-0.2, 0) is 17.9 Å². The highest BCUT2D eigenvalue weighted by Gasteiger charge is 2.06. The summed E-state index contributed by atoms with van der Waals surface area (Å²) in [6.07, 6.45) is 2.26. The number of carbonyl (C=O) groups excluding carboxylic acids is 1. The first kappa shape index (κ1) is 13.8. The number of hydrogen-bond donors (Lipinski definition) is 1. The van der Waals surface area contributed by atoms with Crippen LogP contribution in [0.2, 0.25) is 0 Å². The highest BCUT2D eigenvalue weighted by molar-refractivity contribution is 7.10. The van der Waals surface area contributed by atoms with Crippen LogP contribution in [0, 0.1) is 6.92 Å². The van der Waals surface area contributed by atoms with Crippen LogP contribution in [0.4, 0.5) is 0 Å². The molecular weight excluding hydrogens is 282 g/mol. The van der Waals surface area contributed by atoms with Crippen molar-refractivity contribution in [1.82, 2.24) is 14.9 Å². The molecule has 108 valence electrons. The van der Waals surface area contributed by atoms with Gasteiger partial charge < -0.3 is 9.88 Å². The van der Waals surface area contributed by atoms with Crippen LogP contribution < -0.4 is 5.32 Å². The topological polar surface area (TPSA) is 46.9 Å². The second-order valence-electron chi connectivity index (χ2n) is 4.98. The van der Waals surface area contributed by atoms with Gasteiger partial charge in [0, 0.05) is 17.8 Å². The zero-order chi connectivity index (χ0) is 14.7. The molecule has 0 spiro atoms. The van der Waals surface area contributed by atoms with Crippen molar-refractivity contribution in [3.8, 4) is 0 Å². The van der Waals surface area contributed by atoms with Crippen LogP contribution >= 0.6 is 11.3 Å². The van der Waals surface area contributed by atoms with Gasteiger partial charge in [0.2, 0.25) is 5.91 Å². The van der Waals surface area contributed by atoms with Crippen molar-refractivity contribution in [2.45, 2.75) is 26.4 Å². The minimum absolute atomic E-state index is 0.0700. The van der Waals surface area contributed by atoms with Crippen LogP contribution in [0.25, 0.3) is 11.0 Å². The lowest BCUT2D eigenvalue weighted by molar-refractivity contribution is -0.121. The van der Waals surface area contributed by atoms with Gasteiger partial charge in [0.25, 0.3) is 0 Å². The third-order valence-electron chi connectivity index (χ3n) is 3.52. The summed E-state index contributed by atoms with van der Waals surface area (Å²) >= 11 is 1.68. The van der Waals surface area contributed by atoms with Gasteiger partial charge in [-0.15, -0.1) is 11.3 Å². The van der Waals surface area contributed by atoms with Gasteiger partial charge in [-0.2, -0.15) is 0 Å². The van der Waals surface area contributed by atoms with E-state index in [4.69, 9.17) is 0 Å². The van der Waals surface area contributed by atoms with E-state index in [-0.39, 0.29) is 5.91 Å². The Morgan fingerprint density at radius 3 is 3.00 bits per heavy atom. The highest BCUT2D eigenvalue weighted by atomic mass is 32.1. The zero-order valence-corrected chi connectivity index (χ0v) is 12.7. The van der Waals surface area contributed by atoms with Gasteiger partial charge in [-0.05, 0) is 36.1 Å². The van der Waals surface area contributed by atoms with Crippen LogP contribution in [0.5, 0.6) is 0 Å². The van der Waals surface area contributed by atoms with E-state index in [1.807, 2.05) is 28.8 Å². The first-order chi connectivity index (χ1) is 10.2. The predicted molar refractivity (Wildman–Crippen MR) is 85.3 cm³/mol. The van der Waals surface area contributed by atoms with Gasteiger partial charge >= 0.3 is 0 Å². The van der Waals surface area contributed by atoms with Crippen molar-refractivity contribution in [1.29, 1.82) is 0 Å². The molecular formula is C16H17N3OS. The number of rotatable bonds is 5. The molecule has 3 aromatic rings. The maximum Gasteiger partial charge on any atom is 0.222 e. The fourth-order valence-electron chi connectivity index (χ4n) is 2.26. The number of thiophene rings is 1. The molecule has 4 nitrogen and oxygen atoms in total. The number of aryl methyl sites for hydroxylation is 2. The Morgan fingerprint density at radius 2 is 2.19 bits per heavy atom. The summed E-state index contributed by atoms with van der Waals surface area (Å²) < 4.78 is 2.02. The molecule has 3 rings (SSSR count). The van der Waals surface area contributed by atoms with Crippen LogP contribution in [-0.4, -0.2) is 15.5 Å². The highest BCUT2D eigenvalue weighted by Crippen LogP contribution is 2.15. The average Bonchev–Trinajstić information content (AvgIpc) is 3.09. The Kier molecular flexibility index (Phi) is 4.01. The fourth-order valence-corrected chi connectivity index (χ4v) is 3.11. The van der Waals surface area contributed by atoms with Gasteiger partial charge in [-0.25, -0.2) is 4.98 Å². The lowest BCUT2D eigenvalue weighted by atomic mass is 10.3. The predicted octanol–water partition coefficient (Wildman–Crippen LogP) is 3.11. The maximum absolute atomic E-state index is 11.9. The van der Waals surface area contributed by atoms with Crippen molar-refractivity contribution in [3.63, 3.8) is 0 Å².